The van der Waals surface area contributed by atoms with Crippen molar-refractivity contribution in [3.8, 4) is 28.3 Å². The van der Waals surface area contributed by atoms with Gasteiger partial charge in [-0.15, -0.1) is 0 Å². The molecular formula is C36H35Cl2N9O4. The van der Waals surface area contributed by atoms with Gasteiger partial charge in [-0.2, -0.15) is 0 Å². The van der Waals surface area contributed by atoms with Crippen LogP contribution in [0.4, 0.5) is 16.3 Å². The second-order valence-corrected chi connectivity index (χ2v) is 14.1. The third kappa shape index (κ3) is 5.51. The largest absolute Gasteiger partial charge is 0.481 e. The summed E-state index contributed by atoms with van der Waals surface area (Å²) < 4.78 is 8.24. The van der Waals surface area contributed by atoms with Crippen LogP contribution in [0.25, 0.3) is 33.4 Å². The SMILES string of the molecule is COc1nc(-c2cccc(-c3cccc(Nc4ncnc5c4c(=O)n(C)c(=O)n5C)c3Cl)c2Cl)cc2c1[C@H](N1CC[C@]3(CCNC(=O)N3)C1)CC2. The van der Waals surface area contributed by atoms with E-state index in [0.717, 1.165) is 54.5 Å². The van der Waals surface area contributed by atoms with Gasteiger partial charge in [0.1, 0.15) is 17.5 Å². The fraction of sp³-hybridized carbons (Fsp3) is 0.333. The topological polar surface area (TPSA) is 148 Å². The molecular weight excluding hydrogens is 693 g/mol. The van der Waals surface area contributed by atoms with E-state index in [-0.39, 0.29) is 34.5 Å². The second kappa shape index (κ2) is 12.7. The molecule has 0 saturated carbocycles. The molecule has 3 aliphatic rings. The lowest BCUT2D eigenvalue weighted by Gasteiger charge is -2.36. The molecule has 2 saturated heterocycles. The van der Waals surface area contributed by atoms with E-state index in [1.807, 2.05) is 30.3 Å². The summed E-state index contributed by atoms with van der Waals surface area (Å²) >= 11 is 14.2. The first kappa shape index (κ1) is 33.2. The molecule has 1 spiro atoms. The highest BCUT2D eigenvalue weighted by atomic mass is 35.5. The van der Waals surface area contributed by atoms with E-state index in [0.29, 0.717) is 45.0 Å². The van der Waals surface area contributed by atoms with Gasteiger partial charge in [0.15, 0.2) is 5.65 Å². The maximum atomic E-state index is 13.1. The third-order valence-electron chi connectivity index (χ3n) is 10.5. The van der Waals surface area contributed by atoms with Crippen molar-refractivity contribution >= 4 is 51.8 Å². The number of rotatable bonds is 6. The van der Waals surface area contributed by atoms with Gasteiger partial charge in [0.2, 0.25) is 5.88 Å². The van der Waals surface area contributed by atoms with Crippen molar-refractivity contribution in [1.82, 2.24) is 39.6 Å². The molecule has 15 heteroatoms. The predicted octanol–water partition coefficient (Wildman–Crippen LogP) is 4.95. The minimum absolute atomic E-state index is 0.0946. The van der Waals surface area contributed by atoms with Crippen molar-refractivity contribution in [3.05, 3.63) is 90.8 Å². The summed E-state index contributed by atoms with van der Waals surface area (Å²) in [7, 11) is 4.60. The van der Waals surface area contributed by atoms with Crippen LogP contribution >= 0.6 is 23.2 Å². The lowest BCUT2D eigenvalue weighted by molar-refractivity contribution is 0.187. The molecule has 2 atom stereocenters. The number of benzene rings is 2. The summed E-state index contributed by atoms with van der Waals surface area (Å²) in [5, 5.41) is 10.2. The minimum Gasteiger partial charge on any atom is -0.481 e. The van der Waals surface area contributed by atoms with E-state index >= 15 is 0 Å². The summed E-state index contributed by atoms with van der Waals surface area (Å²) in [6.07, 6.45) is 4.91. The number of hydrogen-bond acceptors (Lipinski definition) is 9. The van der Waals surface area contributed by atoms with Crippen LogP contribution in [0.15, 0.2) is 58.4 Å². The van der Waals surface area contributed by atoms with E-state index in [9.17, 15) is 14.4 Å². The number of urea groups is 1. The number of aryl methyl sites for hydroxylation is 2. The Morgan fingerprint density at radius 3 is 2.53 bits per heavy atom. The fourth-order valence-electron chi connectivity index (χ4n) is 7.87. The highest BCUT2D eigenvalue weighted by molar-refractivity contribution is 6.39. The summed E-state index contributed by atoms with van der Waals surface area (Å²) in [5.41, 5.74) is 4.52. The molecule has 0 unspecified atom stereocenters. The van der Waals surface area contributed by atoms with Gasteiger partial charge in [0.05, 0.1) is 34.1 Å². The van der Waals surface area contributed by atoms with Crippen LogP contribution in [0.5, 0.6) is 5.88 Å². The Morgan fingerprint density at radius 1 is 0.980 bits per heavy atom. The van der Waals surface area contributed by atoms with Crippen molar-refractivity contribution in [2.45, 2.75) is 37.3 Å². The maximum Gasteiger partial charge on any atom is 0.332 e. The summed E-state index contributed by atoms with van der Waals surface area (Å²) in [5.74, 6) is 0.791. The number of halogens is 2. The van der Waals surface area contributed by atoms with Crippen LogP contribution in [-0.4, -0.2) is 67.3 Å². The number of fused-ring (bicyclic) bond motifs is 2. The molecule has 51 heavy (non-hydrogen) atoms. The van der Waals surface area contributed by atoms with Gasteiger partial charge in [-0.3, -0.25) is 18.8 Å². The summed E-state index contributed by atoms with van der Waals surface area (Å²) in [4.78, 5) is 53.7. The molecule has 5 aromatic rings. The Balaban J connectivity index is 1.12. The maximum absolute atomic E-state index is 13.1. The van der Waals surface area contributed by atoms with Gasteiger partial charge in [0.25, 0.3) is 5.56 Å². The first-order valence-corrected chi connectivity index (χ1v) is 17.5. The molecule has 0 bridgehead atoms. The highest BCUT2D eigenvalue weighted by Gasteiger charge is 2.45. The Bertz CT molecular complexity index is 2380. The zero-order valence-electron chi connectivity index (χ0n) is 28.2. The highest BCUT2D eigenvalue weighted by Crippen LogP contribution is 2.47. The number of amides is 2. The van der Waals surface area contributed by atoms with Crippen LogP contribution < -0.4 is 31.9 Å². The normalized spacial score (nSPS) is 20.0. The van der Waals surface area contributed by atoms with Crippen LogP contribution in [0.2, 0.25) is 10.0 Å². The predicted molar refractivity (Wildman–Crippen MR) is 196 cm³/mol. The molecule has 2 amide bonds. The number of hydrogen-bond donors (Lipinski definition) is 3. The minimum atomic E-state index is -0.526. The van der Waals surface area contributed by atoms with Crippen molar-refractivity contribution in [1.29, 1.82) is 0 Å². The number of carbonyl (C=O) groups is 1. The Kier molecular flexibility index (Phi) is 8.23. The van der Waals surface area contributed by atoms with Gasteiger partial charge < -0.3 is 20.7 Å². The van der Waals surface area contributed by atoms with Crippen molar-refractivity contribution in [3.63, 3.8) is 0 Å². The number of aromatic nitrogens is 5. The average Bonchev–Trinajstić information content (AvgIpc) is 3.74. The van der Waals surface area contributed by atoms with Gasteiger partial charge in [-0.25, -0.2) is 24.5 Å². The van der Waals surface area contributed by atoms with Crippen LogP contribution in [0, 0.1) is 0 Å². The lowest BCUT2D eigenvalue weighted by atomic mass is 9.93. The molecule has 0 radical (unpaired) electrons. The van der Waals surface area contributed by atoms with E-state index in [4.69, 9.17) is 32.9 Å². The van der Waals surface area contributed by atoms with Gasteiger partial charge in [0, 0.05) is 62.0 Å². The van der Waals surface area contributed by atoms with E-state index < -0.39 is 11.2 Å². The molecule has 262 valence electrons. The molecule has 13 nitrogen and oxygen atoms in total. The number of nitrogens with zero attached hydrogens (tertiary/aromatic N) is 6. The van der Waals surface area contributed by atoms with Gasteiger partial charge in [-0.05, 0) is 43.4 Å². The fourth-order valence-corrected chi connectivity index (χ4v) is 8.47. The smallest absolute Gasteiger partial charge is 0.332 e. The first-order valence-electron chi connectivity index (χ1n) is 16.7. The van der Waals surface area contributed by atoms with E-state index in [1.165, 1.54) is 23.5 Å². The quantitative estimate of drug-likeness (QED) is 0.221. The molecule has 5 heterocycles. The number of pyridine rings is 1. The number of methoxy groups -OCH3 is 1. The molecule has 3 N–H and O–H groups in total. The first-order chi connectivity index (χ1) is 24.6. The standard InChI is InChI=1S/C36H35Cl2N9O4/c1-45-31-27(33(48)46(2)35(45)50)30(40-18-41-31)42-23-9-5-7-21(29(23)38)20-6-4-8-22(28(20)37)24-16-19-10-11-25(26(19)32(43-24)51-3)47-15-13-36(17-47)12-14-39-34(49)44-36/h4-9,16,18,25H,10-15,17H2,1-3H3,(H2,39,44,49)(H,40,41,42)/t25-,36-/m1/s1. The lowest BCUT2D eigenvalue weighted by Crippen LogP contribution is -2.59. The second-order valence-electron chi connectivity index (χ2n) is 13.4. The Hall–Kier alpha value is -4.98. The molecule has 2 aromatic carbocycles. The molecule has 8 rings (SSSR count). The Labute approximate surface area is 302 Å². The zero-order chi connectivity index (χ0) is 35.6. The summed E-state index contributed by atoms with van der Waals surface area (Å²) in [6, 6.07) is 13.4. The Morgan fingerprint density at radius 2 is 1.75 bits per heavy atom. The molecule has 2 fully saturated rings. The van der Waals surface area contributed by atoms with Crippen molar-refractivity contribution in [2.24, 2.45) is 14.1 Å². The van der Waals surface area contributed by atoms with Crippen LogP contribution in [-0.2, 0) is 20.5 Å². The zero-order valence-corrected chi connectivity index (χ0v) is 29.7. The number of carbonyl (C=O) groups excluding carboxylic acids is 1. The van der Waals surface area contributed by atoms with Crippen LogP contribution in [0.3, 0.4) is 0 Å². The van der Waals surface area contributed by atoms with Crippen LogP contribution in [0.1, 0.15) is 36.4 Å². The number of nitrogens with one attached hydrogen (secondary N) is 3. The van der Waals surface area contributed by atoms with Crippen molar-refractivity contribution < 1.29 is 9.53 Å². The van der Waals surface area contributed by atoms with Crippen molar-refractivity contribution in [2.75, 3.05) is 32.1 Å². The number of anilines is 2. The van der Waals surface area contributed by atoms with Gasteiger partial charge in [-0.1, -0.05) is 53.5 Å². The molecule has 2 aliphatic heterocycles. The molecule has 1 aliphatic carbocycles. The number of likely N-dealkylation sites (tertiary alicyclic amines) is 1. The number of ether oxygens (including phenoxy) is 1. The third-order valence-corrected chi connectivity index (χ3v) is 11.3. The monoisotopic (exact) mass is 727 g/mol. The molecule has 3 aromatic heterocycles. The van der Waals surface area contributed by atoms with Gasteiger partial charge >= 0.3 is 11.7 Å². The average molecular weight is 729 g/mol. The van der Waals surface area contributed by atoms with E-state index in [1.54, 1.807) is 20.2 Å². The van der Waals surface area contributed by atoms with E-state index in [2.05, 4.69) is 36.9 Å². The summed E-state index contributed by atoms with van der Waals surface area (Å²) in [6.45, 7) is 2.37.